The fourth-order valence-corrected chi connectivity index (χ4v) is 4.28. The lowest BCUT2D eigenvalue weighted by molar-refractivity contribution is -0.125. The molecule has 2 aromatic rings. The molecule has 6 nitrogen and oxygen atoms in total. The van der Waals surface area contributed by atoms with E-state index in [1.54, 1.807) is 6.07 Å². The molecule has 1 fully saturated rings. The number of thiophene rings is 1. The lowest BCUT2D eigenvalue weighted by Gasteiger charge is -2.36. The summed E-state index contributed by atoms with van der Waals surface area (Å²) < 4.78 is 0. The summed E-state index contributed by atoms with van der Waals surface area (Å²) in [5, 5.41) is 7.80. The topological polar surface area (TPSA) is 78.5 Å². The first-order chi connectivity index (χ1) is 14.5. The zero-order valence-corrected chi connectivity index (χ0v) is 18.3. The van der Waals surface area contributed by atoms with Gasteiger partial charge < -0.3 is 15.5 Å². The van der Waals surface area contributed by atoms with Crippen LogP contribution in [0.1, 0.15) is 53.1 Å². The normalized spacial score (nSPS) is 16.5. The SMILES string of the molecule is CC[C@@H](C)NC(=O)[C@H](NC(=O)c1cccs1)C1CCN(C(=O)c2ccccc2)CC1. The van der Waals surface area contributed by atoms with E-state index in [4.69, 9.17) is 0 Å². The van der Waals surface area contributed by atoms with Gasteiger partial charge in [0.25, 0.3) is 11.8 Å². The molecule has 1 aromatic carbocycles. The Hall–Kier alpha value is -2.67. The standard InChI is InChI=1S/C23H29N3O3S/c1-3-16(2)24-22(28)20(25-21(27)19-10-7-15-30-19)17-11-13-26(14-12-17)23(29)18-8-5-4-6-9-18/h4-10,15-17,20H,3,11-14H2,1-2H3,(H,24,28)(H,25,27)/t16-,20-/m1/s1. The molecule has 1 aromatic heterocycles. The van der Waals surface area contributed by atoms with Crippen molar-refractivity contribution in [3.05, 3.63) is 58.3 Å². The molecule has 0 bridgehead atoms. The monoisotopic (exact) mass is 427 g/mol. The molecule has 2 atom stereocenters. The number of likely N-dealkylation sites (tertiary alicyclic amines) is 1. The van der Waals surface area contributed by atoms with Gasteiger partial charge in [-0.3, -0.25) is 14.4 Å². The van der Waals surface area contributed by atoms with E-state index >= 15 is 0 Å². The summed E-state index contributed by atoms with van der Waals surface area (Å²) >= 11 is 1.36. The highest BCUT2D eigenvalue weighted by molar-refractivity contribution is 7.12. The van der Waals surface area contributed by atoms with Crippen LogP contribution >= 0.6 is 11.3 Å². The molecule has 30 heavy (non-hydrogen) atoms. The zero-order valence-electron chi connectivity index (χ0n) is 17.5. The van der Waals surface area contributed by atoms with Gasteiger partial charge in [0.15, 0.2) is 0 Å². The molecule has 7 heteroatoms. The summed E-state index contributed by atoms with van der Waals surface area (Å²) in [5.74, 6) is -0.380. The minimum atomic E-state index is -0.609. The van der Waals surface area contributed by atoms with Crippen LogP contribution in [0.4, 0.5) is 0 Å². The number of hydrogen-bond acceptors (Lipinski definition) is 4. The van der Waals surface area contributed by atoms with Gasteiger partial charge in [-0.05, 0) is 55.7 Å². The summed E-state index contributed by atoms with van der Waals surface area (Å²) in [6.45, 7) is 5.11. The minimum absolute atomic E-state index is 0.0114. The molecule has 1 aliphatic rings. The van der Waals surface area contributed by atoms with Gasteiger partial charge in [-0.1, -0.05) is 31.2 Å². The van der Waals surface area contributed by atoms with Crippen LogP contribution in [0.15, 0.2) is 47.8 Å². The van der Waals surface area contributed by atoms with Crippen molar-refractivity contribution in [1.29, 1.82) is 0 Å². The average molecular weight is 428 g/mol. The Balaban J connectivity index is 1.67. The molecule has 2 N–H and O–H groups in total. The van der Waals surface area contributed by atoms with Gasteiger partial charge in [0.1, 0.15) is 6.04 Å². The summed E-state index contributed by atoms with van der Waals surface area (Å²) in [6.07, 6.45) is 2.16. The van der Waals surface area contributed by atoms with Gasteiger partial charge in [-0.15, -0.1) is 11.3 Å². The number of nitrogens with one attached hydrogen (secondary N) is 2. The fraction of sp³-hybridized carbons (Fsp3) is 0.435. The van der Waals surface area contributed by atoms with Crippen LogP contribution < -0.4 is 10.6 Å². The van der Waals surface area contributed by atoms with E-state index in [9.17, 15) is 14.4 Å². The van der Waals surface area contributed by atoms with Crippen molar-refractivity contribution in [3.63, 3.8) is 0 Å². The summed E-state index contributed by atoms with van der Waals surface area (Å²) in [4.78, 5) is 40.7. The van der Waals surface area contributed by atoms with Crippen LogP contribution in [0, 0.1) is 5.92 Å². The van der Waals surface area contributed by atoms with E-state index in [0.717, 1.165) is 6.42 Å². The van der Waals surface area contributed by atoms with E-state index in [1.165, 1.54) is 11.3 Å². The van der Waals surface area contributed by atoms with Crippen LogP contribution in [0.5, 0.6) is 0 Å². The molecule has 1 saturated heterocycles. The van der Waals surface area contributed by atoms with E-state index in [-0.39, 0.29) is 29.7 Å². The van der Waals surface area contributed by atoms with Gasteiger partial charge in [-0.25, -0.2) is 0 Å². The Bertz CT molecular complexity index is 846. The highest BCUT2D eigenvalue weighted by atomic mass is 32.1. The highest BCUT2D eigenvalue weighted by Crippen LogP contribution is 2.23. The number of carbonyl (C=O) groups excluding carboxylic acids is 3. The third kappa shape index (κ3) is 5.48. The smallest absolute Gasteiger partial charge is 0.262 e. The quantitative estimate of drug-likeness (QED) is 0.712. The summed E-state index contributed by atoms with van der Waals surface area (Å²) in [6, 6.07) is 12.2. The van der Waals surface area contributed by atoms with E-state index < -0.39 is 6.04 Å². The number of piperidine rings is 1. The molecule has 2 heterocycles. The number of amides is 3. The second-order valence-corrected chi connectivity index (χ2v) is 8.69. The number of rotatable bonds is 7. The van der Waals surface area contributed by atoms with Crippen molar-refractivity contribution in [2.45, 2.75) is 45.2 Å². The Morgan fingerprint density at radius 2 is 1.77 bits per heavy atom. The zero-order chi connectivity index (χ0) is 21.5. The first kappa shape index (κ1) is 22.0. The summed E-state index contributed by atoms with van der Waals surface area (Å²) in [5.41, 5.74) is 0.674. The highest BCUT2D eigenvalue weighted by Gasteiger charge is 2.34. The predicted octanol–water partition coefficient (Wildman–Crippen LogP) is 3.31. The molecular formula is C23H29N3O3S. The van der Waals surface area contributed by atoms with Gasteiger partial charge in [0, 0.05) is 24.7 Å². The predicted molar refractivity (Wildman–Crippen MR) is 119 cm³/mol. The number of nitrogens with zero attached hydrogens (tertiary/aromatic N) is 1. The van der Waals surface area contributed by atoms with Crippen molar-refractivity contribution in [2.24, 2.45) is 5.92 Å². The fourth-order valence-electron chi connectivity index (χ4n) is 3.65. The van der Waals surface area contributed by atoms with Crippen LogP contribution in [-0.4, -0.2) is 47.8 Å². The Morgan fingerprint density at radius 1 is 1.07 bits per heavy atom. The first-order valence-corrected chi connectivity index (χ1v) is 11.4. The van der Waals surface area contributed by atoms with E-state index in [1.807, 2.05) is 60.5 Å². The maximum atomic E-state index is 13.0. The maximum Gasteiger partial charge on any atom is 0.262 e. The Labute approximate surface area is 181 Å². The second kappa shape index (κ2) is 10.4. The molecule has 0 saturated carbocycles. The number of carbonyl (C=O) groups is 3. The maximum absolute atomic E-state index is 13.0. The van der Waals surface area contributed by atoms with Crippen molar-refractivity contribution in [1.82, 2.24) is 15.5 Å². The van der Waals surface area contributed by atoms with Crippen LogP contribution in [0.25, 0.3) is 0 Å². The third-order valence-electron chi connectivity index (χ3n) is 5.63. The Kier molecular flexibility index (Phi) is 7.63. The first-order valence-electron chi connectivity index (χ1n) is 10.5. The van der Waals surface area contributed by atoms with E-state index in [0.29, 0.717) is 36.4 Å². The third-order valence-corrected chi connectivity index (χ3v) is 6.50. The van der Waals surface area contributed by atoms with Crippen molar-refractivity contribution in [2.75, 3.05) is 13.1 Å². The summed E-state index contributed by atoms with van der Waals surface area (Å²) in [7, 11) is 0. The molecule has 0 aliphatic carbocycles. The van der Waals surface area contributed by atoms with E-state index in [2.05, 4.69) is 10.6 Å². The van der Waals surface area contributed by atoms with Crippen molar-refractivity contribution >= 4 is 29.1 Å². The minimum Gasteiger partial charge on any atom is -0.352 e. The molecule has 3 amide bonds. The number of benzene rings is 1. The molecule has 0 spiro atoms. The lowest BCUT2D eigenvalue weighted by atomic mass is 9.88. The Morgan fingerprint density at radius 3 is 2.37 bits per heavy atom. The van der Waals surface area contributed by atoms with Crippen molar-refractivity contribution < 1.29 is 14.4 Å². The lowest BCUT2D eigenvalue weighted by Crippen LogP contribution is -2.55. The largest absolute Gasteiger partial charge is 0.352 e. The molecule has 1 aliphatic heterocycles. The molecule has 160 valence electrons. The van der Waals surface area contributed by atoms with Gasteiger partial charge >= 0.3 is 0 Å². The average Bonchev–Trinajstić information content (AvgIpc) is 3.32. The molecule has 0 unspecified atom stereocenters. The van der Waals surface area contributed by atoms with Gasteiger partial charge in [0.2, 0.25) is 5.91 Å². The molecular weight excluding hydrogens is 398 g/mol. The van der Waals surface area contributed by atoms with Gasteiger partial charge in [0.05, 0.1) is 4.88 Å². The van der Waals surface area contributed by atoms with Crippen LogP contribution in [0.2, 0.25) is 0 Å². The molecule has 3 rings (SSSR count). The number of hydrogen-bond donors (Lipinski definition) is 2. The van der Waals surface area contributed by atoms with Crippen molar-refractivity contribution in [3.8, 4) is 0 Å². The van der Waals surface area contributed by atoms with Gasteiger partial charge in [-0.2, -0.15) is 0 Å². The molecule has 0 radical (unpaired) electrons. The van der Waals surface area contributed by atoms with Crippen LogP contribution in [0.3, 0.4) is 0 Å². The second-order valence-electron chi connectivity index (χ2n) is 7.74. The van der Waals surface area contributed by atoms with Crippen LogP contribution in [-0.2, 0) is 4.79 Å².